The number of benzene rings is 2. The predicted molar refractivity (Wildman–Crippen MR) is 150 cm³/mol. The monoisotopic (exact) mass is 596 g/mol. The van der Waals surface area contributed by atoms with Crippen LogP contribution in [0.25, 0.3) is 0 Å². The van der Waals surface area contributed by atoms with Gasteiger partial charge in [-0.3, -0.25) is 4.31 Å². The average molecular weight is 597 g/mol. The Bertz CT molecular complexity index is 1490. The molecule has 0 saturated carbocycles. The molecule has 0 atom stereocenters. The van der Waals surface area contributed by atoms with Gasteiger partial charge >= 0.3 is 6.18 Å². The number of methoxy groups -OCH3 is 1. The highest BCUT2D eigenvalue weighted by Gasteiger charge is 2.35. The number of rotatable bonds is 9. The van der Waals surface area contributed by atoms with Crippen LogP contribution in [0.15, 0.2) is 42.6 Å². The van der Waals surface area contributed by atoms with Gasteiger partial charge in [0.1, 0.15) is 11.6 Å². The number of alkyl halides is 3. The SMILES string of the molecule is COc1cc(N2CCN(C)CC2)ccc1Nc1ncc(C(F)(F)F)c(CCc2ccc(F)cc2N(C)S(C)(=O)=O)n1. The minimum atomic E-state index is -4.72. The maximum absolute atomic E-state index is 13.9. The minimum absolute atomic E-state index is 0.0297. The molecule has 0 aliphatic carbocycles. The zero-order valence-corrected chi connectivity index (χ0v) is 24.0. The summed E-state index contributed by atoms with van der Waals surface area (Å²) in [6.45, 7) is 3.56. The second kappa shape index (κ2) is 12.1. The molecule has 1 aliphatic rings. The summed E-state index contributed by atoms with van der Waals surface area (Å²) in [7, 11) is 1.08. The van der Waals surface area contributed by atoms with E-state index in [1.165, 1.54) is 20.2 Å². The Hall–Kier alpha value is -3.65. The number of sulfonamides is 1. The molecule has 1 aliphatic heterocycles. The standard InChI is InChI=1S/C27H32F4N6O3S/c1-35-11-13-37(14-12-35)20-8-10-23(25(16-20)40-3)34-26-32-17-21(27(29,30)31)22(33-26)9-6-18-5-7-19(28)15-24(18)36(2)41(4,38)39/h5,7-8,10,15-17H,6,9,11-14H2,1-4H3,(H,32,33,34). The van der Waals surface area contributed by atoms with E-state index >= 15 is 0 Å². The molecule has 222 valence electrons. The van der Waals surface area contributed by atoms with Gasteiger partial charge in [0.2, 0.25) is 16.0 Å². The molecule has 2 heterocycles. The van der Waals surface area contributed by atoms with Gasteiger partial charge in [-0.1, -0.05) is 6.07 Å². The van der Waals surface area contributed by atoms with Crippen LogP contribution in [0.2, 0.25) is 0 Å². The summed E-state index contributed by atoms with van der Waals surface area (Å²) >= 11 is 0. The first kappa shape index (κ1) is 30.3. The van der Waals surface area contributed by atoms with Gasteiger partial charge in [-0.25, -0.2) is 22.8 Å². The number of aromatic nitrogens is 2. The van der Waals surface area contributed by atoms with Crippen LogP contribution in [0.3, 0.4) is 0 Å². The fraction of sp³-hybridized carbons (Fsp3) is 0.407. The van der Waals surface area contributed by atoms with E-state index in [1.807, 2.05) is 12.1 Å². The first-order valence-electron chi connectivity index (χ1n) is 12.8. The molecule has 3 aromatic rings. The van der Waals surface area contributed by atoms with Gasteiger partial charge < -0.3 is 19.9 Å². The van der Waals surface area contributed by atoms with Crippen LogP contribution in [-0.4, -0.2) is 76.9 Å². The molecule has 2 aromatic carbocycles. The molecule has 0 unspecified atom stereocenters. The molecule has 0 bridgehead atoms. The zero-order valence-electron chi connectivity index (χ0n) is 23.2. The van der Waals surface area contributed by atoms with Crippen molar-refractivity contribution in [1.82, 2.24) is 14.9 Å². The smallest absolute Gasteiger partial charge is 0.419 e. The highest BCUT2D eigenvalue weighted by molar-refractivity contribution is 7.92. The minimum Gasteiger partial charge on any atom is -0.494 e. The van der Waals surface area contributed by atoms with Crippen LogP contribution in [0.5, 0.6) is 5.75 Å². The van der Waals surface area contributed by atoms with E-state index in [-0.39, 0.29) is 30.2 Å². The van der Waals surface area contributed by atoms with Gasteiger partial charge in [-0.2, -0.15) is 13.2 Å². The molecule has 1 aromatic heterocycles. The quantitative estimate of drug-likeness (QED) is 0.366. The number of hydrogen-bond donors (Lipinski definition) is 1. The molecule has 0 spiro atoms. The molecule has 1 fully saturated rings. The summed E-state index contributed by atoms with van der Waals surface area (Å²) in [4.78, 5) is 12.5. The molecular formula is C27H32F4N6O3S. The molecule has 1 saturated heterocycles. The third-order valence-corrected chi connectivity index (χ3v) is 8.18. The van der Waals surface area contributed by atoms with Gasteiger partial charge in [0.05, 0.1) is 36.0 Å². The predicted octanol–water partition coefficient (Wildman–Crippen LogP) is 4.32. The Kier molecular flexibility index (Phi) is 8.92. The van der Waals surface area contributed by atoms with Gasteiger partial charge in [-0.05, 0) is 49.7 Å². The molecule has 14 heteroatoms. The van der Waals surface area contributed by atoms with Crippen LogP contribution in [0.4, 0.5) is 40.6 Å². The number of ether oxygens (including phenoxy) is 1. The fourth-order valence-electron chi connectivity index (χ4n) is 4.54. The Morgan fingerprint density at radius 3 is 2.41 bits per heavy atom. The molecule has 0 amide bonds. The van der Waals surface area contributed by atoms with E-state index in [2.05, 4.69) is 32.1 Å². The van der Waals surface area contributed by atoms with Crippen molar-refractivity contribution in [2.75, 3.05) is 68.2 Å². The largest absolute Gasteiger partial charge is 0.494 e. The second-order valence-electron chi connectivity index (χ2n) is 9.86. The maximum Gasteiger partial charge on any atom is 0.419 e. The van der Waals surface area contributed by atoms with Crippen molar-refractivity contribution in [3.63, 3.8) is 0 Å². The highest BCUT2D eigenvalue weighted by atomic mass is 32.2. The zero-order chi connectivity index (χ0) is 29.9. The average Bonchev–Trinajstić information content (AvgIpc) is 2.91. The summed E-state index contributed by atoms with van der Waals surface area (Å²) in [5.74, 6) is -0.256. The van der Waals surface area contributed by atoms with E-state index in [0.29, 0.717) is 23.2 Å². The third-order valence-electron chi connectivity index (χ3n) is 6.99. The van der Waals surface area contributed by atoms with E-state index in [9.17, 15) is 26.0 Å². The van der Waals surface area contributed by atoms with Crippen LogP contribution < -0.4 is 19.3 Å². The van der Waals surface area contributed by atoms with Crippen molar-refractivity contribution in [2.24, 2.45) is 0 Å². The summed E-state index contributed by atoms with van der Waals surface area (Å²) < 4.78 is 86.0. The van der Waals surface area contributed by atoms with E-state index in [4.69, 9.17) is 4.74 Å². The lowest BCUT2D eigenvalue weighted by atomic mass is 10.0. The van der Waals surface area contributed by atoms with E-state index in [0.717, 1.165) is 54.6 Å². The number of piperazine rings is 1. The van der Waals surface area contributed by atoms with Crippen LogP contribution >= 0.6 is 0 Å². The lowest BCUT2D eigenvalue weighted by molar-refractivity contribution is -0.138. The summed E-state index contributed by atoms with van der Waals surface area (Å²) in [5, 5.41) is 2.96. The second-order valence-corrected chi connectivity index (χ2v) is 11.9. The number of nitrogens with zero attached hydrogens (tertiary/aromatic N) is 5. The van der Waals surface area contributed by atoms with Crippen molar-refractivity contribution in [3.05, 3.63) is 65.2 Å². The van der Waals surface area contributed by atoms with Crippen LogP contribution in [-0.2, 0) is 29.0 Å². The summed E-state index contributed by atoms with van der Waals surface area (Å²) in [5.41, 5.74) is 0.525. The normalized spacial score (nSPS) is 14.7. The molecular weight excluding hydrogens is 564 g/mol. The van der Waals surface area contributed by atoms with E-state index in [1.54, 1.807) is 6.07 Å². The van der Waals surface area contributed by atoms with Crippen LogP contribution in [0, 0.1) is 5.82 Å². The fourth-order valence-corrected chi connectivity index (χ4v) is 5.07. The topological polar surface area (TPSA) is 90.9 Å². The Morgan fingerprint density at radius 2 is 1.78 bits per heavy atom. The van der Waals surface area contributed by atoms with Gasteiger partial charge in [0, 0.05) is 51.2 Å². The summed E-state index contributed by atoms with van der Waals surface area (Å²) in [6, 6.07) is 9.03. The van der Waals surface area contributed by atoms with Crippen molar-refractivity contribution < 1.29 is 30.7 Å². The maximum atomic E-state index is 13.9. The molecule has 1 N–H and O–H groups in total. The first-order valence-corrected chi connectivity index (χ1v) is 14.6. The number of aryl methyl sites for hydroxylation is 2. The highest BCUT2D eigenvalue weighted by Crippen LogP contribution is 2.35. The van der Waals surface area contributed by atoms with Crippen molar-refractivity contribution in [3.8, 4) is 5.75 Å². The molecule has 0 radical (unpaired) electrons. The number of hydrogen-bond acceptors (Lipinski definition) is 8. The van der Waals surface area contributed by atoms with Gasteiger partial charge in [-0.15, -0.1) is 0 Å². The van der Waals surface area contributed by atoms with Gasteiger partial charge in [0.15, 0.2) is 0 Å². The van der Waals surface area contributed by atoms with Crippen molar-refractivity contribution >= 4 is 33.0 Å². The van der Waals surface area contributed by atoms with E-state index < -0.39 is 27.6 Å². The van der Waals surface area contributed by atoms with Crippen LogP contribution in [0.1, 0.15) is 16.8 Å². The number of anilines is 4. The van der Waals surface area contributed by atoms with Gasteiger partial charge in [0.25, 0.3) is 0 Å². The molecule has 9 nitrogen and oxygen atoms in total. The van der Waals surface area contributed by atoms with Crippen molar-refractivity contribution in [2.45, 2.75) is 19.0 Å². The number of likely N-dealkylation sites (N-methyl/N-ethyl adjacent to an activating group) is 1. The number of halogens is 4. The molecule has 41 heavy (non-hydrogen) atoms. The number of nitrogens with one attached hydrogen (secondary N) is 1. The first-order chi connectivity index (χ1) is 19.3. The third kappa shape index (κ3) is 7.36. The Balaban J connectivity index is 1.60. The molecule has 4 rings (SSSR count). The Morgan fingerprint density at radius 1 is 1.07 bits per heavy atom. The van der Waals surface area contributed by atoms with Crippen molar-refractivity contribution in [1.29, 1.82) is 0 Å². The lowest BCUT2D eigenvalue weighted by Gasteiger charge is -2.34. The Labute approximate surface area is 236 Å². The summed E-state index contributed by atoms with van der Waals surface area (Å²) in [6.07, 6.45) is -3.29. The lowest BCUT2D eigenvalue weighted by Crippen LogP contribution is -2.44.